The number of likely N-dealkylation sites (tertiary alicyclic amines) is 1. The van der Waals surface area contributed by atoms with E-state index < -0.39 is 0 Å². The lowest BCUT2D eigenvalue weighted by atomic mass is 9.95. The number of ether oxygens (including phenoxy) is 1. The Bertz CT molecular complexity index is 1970. The first-order chi connectivity index (χ1) is 21.7. The molecule has 3 aliphatic heterocycles. The van der Waals surface area contributed by atoms with Gasteiger partial charge < -0.3 is 24.4 Å². The maximum atomic E-state index is 14.2. The van der Waals surface area contributed by atoms with Crippen LogP contribution in [-0.4, -0.2) is 86.7 Å². The Morgan fingerprint density at radius 3 is 2.64 bits per heavy atom. The predicted octanol–water partition coefficient (Wildman–Crippen LogP) is 3.85. The summed E-state index contributed by atoms with van der Waals surface area (Å²) in [5, 5.41) is 1.17. The number of carbonyl (C=O) groups is 1. The molecule has 0 radical (unpaired) electrons. The second-order valence-corrected chi connectivity index (χ2v) is 13.0. The minimum Gasteiger partial charge on any atom is -0.488 e. The van der Waals surface area contributed by atoms with Crippen LogP contribution in [-0.2, 0) is 11.8 Å². The quantitative estimate of drug-likeness (QED) is 0.333. The van der Waals surface area contributed by atoms with Crippen LogP contribution in [0.2, 0.25) is 5.02 Å². The molecule has 3 aliphatic rings. The molecule has 7 rings (SSSR count). The van der Waals surface area contributed by atoms with Crippen LogP contribution in [0.5, 0.6) is 5.75 Å². The van der Waals surface area contributed by atoms with Crippen molar-refractivity contribution in [1.29, 1.82) is 0 Å². The summed E-state index contributed by atoms with van der Waals surface area (Å²) in [5.41, 5.74) is 3.87. The molecule has 0 aliphatic carbocycles. The summed E-state index contributed by atoms with van der Waals surface area (Å²) in [4.78, 5) is 53.1. The fourth-order valence-electron chi connectivity index (χ4n) is 7.44. The van der Waals surface area contributed by atoms with Crippen molar-refractivity contribution in [3.8, 4) is 16.9 Å². The van der Waals surface area contributed by atoms with E-state index >= 15 is 0 Å². The number of imidazole rings is 1. The molecule has 2 aromatic carbocycles. The van der Waals surface area contributed by atoms with E-state index in [1.54, 1.807) is 21.1 Å². The summed E-state index contributed by atoms with van der Waals surface area (Å²) < 4.78 is 10.1. The van der Waals surface area contributed by atoms with Crippen LogP contribution < -0.4 is 21.0 Å². The Balaban J connectivity index is 1.47. The number of anilines is 1. The van der Waals surface area contributed by atoms with Crippen LogP contribution >= 0.6 is 11.6 Å². The number of hydrogen-bond donors (Lipinski definition) is 1. The molecule has 1 N–H and O–H groups in total. The van der Waals surface area contributed by atoms with Crippen LogP contribution in [0, 0.1) is 6.92 Å². The molecule has 5 heterocycles. The largest absolute Gasteiger partial charge is 0.488 e. The van der Waals surface area contributed by atoms with Crippen LogP contribution in [0.4, 0.5) is 5.82 Å². The molecule has 45 heavy (non-hydrogen) atoms. The summed E-state index contributed by atoms with van der Waals surface area (Å²) >= 11 is 7.21. The fourth-order valence-corrected chi connectivity index (χ4v) is 7.73. The van der Waals surface area contributed by atoms with Crippen molar-refractivity contribution in [2.24, 2.45) is 7.05 Å². The third-order valence-electron chi connectivity index (χ3n) is 9.70. The van der Waals surface area contributed by atoms with E-state index in [1.807, 2.05) is 32.0 Å². The van der Waals surface area contributed by atoms with Gasteiger partial charge in [0.15, 0.2) is 5.75 Å². The number of piperazine rings is 1. The highest BCUT2D eigenvalue weighted by Gasteiger charge is 2.35. The van der Waals surface area contributed by atoms with Crippen molar-refractivity contribution in [1.82, 2.24) is 28.9 Å². The zero-order valence-electron chi connectivity index (χ0n) is 25.9. The van der Waals surface area contributed by atoms with E-state index in [0.29, 0.717) is 66.0 Å². The Morgan fingerprint density at radius 2 is 1.91 bits per heavy atom. The summed E-state index contributed by atoms with van der Waals surface area (Å²) in [6.07, 6.45) is 4.84. The minimum atomic E-state index is -0.335. The highest BCUT2D eigenvalue weighted by molar-refractivity contribution is 6.35. The summed E-state index contributed by atoms with van der Waals surface area (Å²) in [5.74, 6) is 0.938. The second-order valence-electron chi connectivity index (χ2n) is 12.5. The number of fused-ring (bicyclic) bond motifs is 1. The molecule has 1 unspecified atom stereocenters. The fraction of sp³-hybridized carbons (Fsp3) is 0.455. The first kappa shape index (κ1) is 29.6. The van der Waals surface area contributed by atoms with Gasteiger partial charge in [0.2, 0.25) is 5.91 Å². The number of carbonyl (C=O) groups excluding carboxylic acids is 1. The topological polar surface area (TPSA) is 109 Å². The summed E-state index contributed by atoms with van der Waals surface area (Å²) in [6, 6.07) is 5.40. The number of aromatic amines is 1. The van der Waals surface area contributed by atoms with Crippen molar-refractivity contribution in [2.75, 3.05) is 50.8 Å². The number of nitrogens with zero attached hydrogens (tertiary/aromatic N) is 6. The maximum Gasteiger partial charge on any atom is 0.350 e. The van der Waals surface area contributed by atoms with E-state index in [0.717, 1.165) is 48.0 Å². The number of aryl methyl sites for hydroxylation is 2. The Hall–Kier alpha value is -4.09. The van der Waals surface area contributed by atoms with E-state index in [9.17, 15) is 14.4 Å². The van der Waals surface area contributed by atoms with Crippen LogP contribution in [0.15, 0.2) is 40.4 Å². The summed E-state index contributed by atoms with van der Waals surface area (Å²) in [7, 11) is 1.73. The lowest BCUT2D eigenvalue weighted by molar-refractivity contribution is -0.126. The number of amides is 1. The molecule has 0 spiro atoms. The molecule has 236 valence electrons. The first-order valence-corrected chi connectivity index (χ1v) is 16.1. The molecule has 2 fully saturated rings. The standard InChI is InChI=1S/C33H38ClN7O4/c1-5-25(42)39-13-14-40(20(3)16-39)31-22-15-23(34)27(26-19(2)9-10-24-29(26)37(4)32(43)35-24)30-28(22)41(33(44)36-31)21(18-45-30)17-38-11-7-6-8-12-38/h5,9-10,15,20-21H,1,6-8,11-14,16-18H2,2-4H3,(H,35,43)/t20-,21?/m0/s1. The number of H-pyrrole nitrogens is 1. The minimum absolute atomic E-state index is 0.103. The van der Waals surface area contributed by atoms with Gasteiger partial charge in [-0.15, -0.1) is 0 Å². The predicted molar refractivity (Wildman–Crippen MR) is 177 cm³/mol. The lowest BCUT2D eigenvalue weighted by Crippen LogP contribution is -2.54. The number of piperidine rings is 1. The SMILES string of the molecule is C=CC(=O)N1CCN(c2nc(=O)n3c4c(c(-c5c(C)ccc6[nH]c(=O)n(C)c56)c(Cl)cc24)OCC3CN2CCCCC2)[C@@H](C)C1. The highest BCUT2D eigenvalue weighted by atomic mass is 35.5. The van der Waals surface area contributed by atoms with E-state index in [2.05, 4.69) is 21.4 Å². The third-order valence-corrected chi connectivity index (χ3v) is 10.0. The monoisotopic (exact) mass is 631 g/mol. The normalized spacial score (nSPS) is 20.5. The number of nitrogens with one attached hydrogen (secondary N) is 1. The Labute approximate surface area is 265 Å². The third kappa shape index (κ3) is 4.84. The van der Waals surface area contributed by atoms with Crippen molar-refractivity contribution >= 4 is 45.3 Å². The molecule has 1 amide bonds. The van der Waals surface area contributed by atoms with Gasteiger partial charge >= 0.3 is 11.4 Å². The molecule has 12 heteroatoms. The molecule has 4 aromatic rings. The highest BCUT2D eigenvalue weighted by Crippen LogP contribution is 2.49. The number of benzene rings is 2. The van der Waals surface area contributed by atoms with Gasteiger partial charge in [0, 0.05) is 55.8 Å². The molecule has 2 atom stereocenters. The Kier molecular flexibility index (Phi) is 7.48. The van der Waals surface area contributed by atoms with Gasteiger partial charge in [0.25, 0.3) is 0 Å². The smallest absolute Gasteiger partial charge is 0.350 e. The number of rotatable bonds is 5. The lowest BCUT2D eigenvalue weighted by Gasteiger charge is -2.41. The van der Waals surface area contributed by atoms with Crippen molar-refractivity contribution in [3.05, 3.63) is 62.4 Å². The molecule has 2 saturated heterocycles. The van der Waals surface area contributed by atoms with Gasteiger partial charge in [-0.3, -0.25) is 13.9 Å². The maximum absolute atomic E-state index is 14.2. The van der Waals surface area contributed by atoms with Crippen LogP contribution in [0.25, 0.3) is 33.1 Å². The van der Waals surface area contributed by atoms with Gasteiger partial charge in [0.05, 0.1) is 27.6 Å². The zero-order valence-corrected chi connectivity index (χ0v) is 26.7. The van der Waals surface area contributed by atoms with Gasteiger partial charge in [-0.05, 0) is 63.6 Å². The number of aromatic nitrogens is 4. The first-order valence-electron chi connectivity index (χ1n) is 15.7. The molecular weight excluding hydrogens is 594 g/mol. The Morgan fingerprint density at radius 1 is 1.13 bits per heavy atom. The molecule has 2 aromatic heterocycles. The molecule has 0 bridgehead atoms. The zero-order chi connectivity index (χ0) is 31.6. The van der Waals surface area contributed by atoms with Crippen molar-refractivity contribution < 1.29 is 9.53 Å². The van der Waals surface area contributed by atoms with Crippen molar-refractivity contribution in [2.45, 2.75) is 45.2 Å². The number of hydrogen-bond acceptors (Lipinski definition) is 7. The van der Waals surface area contributed by atoms with Gasteiger partial charge in [-0.2, -0.15) is 4.98 Å². The van der Waals surface area contributed by atoms with Crippen LogP contribution in [0.3, 0.4) is 0 Å². The van der Waals surface area contributed by atoms with Gasteiger partial charge in [0.1, 0.15) is 12.4 Å². The van der Waals surface area contributed by atoms with Gasteiger partial charge in [-0.25, -0.2) is 9.59 Å². The molecule has 11 nitrogen and oxygen atoms in total. The number of halogens is 1. The molecular formula is C33H38ClN7O4. The van der Waals surface area contributed by atoms with Crippen LogP contribution in [0.1, 0.15) is 37.8 Å². The van der Waals surface area contributed by atoms with Crippen molar-refractivity contribution in [3.63, 3.8) is 0 Å². The summed E-state index contributed by atoms with van der Waals surface area (Å²) in [6.45, 7) is 12.1. The average molecular weight is 632 g/mol. The molecule has 0 saturated carbocycles. The average Bonchev–Trinajstić information content (AvgIpc) is 3.32. The van der Waals surface area contributed by atoms with E-state index in [4.69, 9.17) is 21.3 Å². The van der Waals surface area contributed by atoms with Gasteiger partial charge in [-0.1, -0.05) is 30.7 Å². The second kappa shape index (κ2) is 11.4. The van der Waals surface area contributed by atoms with E-state index in [1.165, 1.54) is 12.5 Å². The van der Waals surface area contributed by atoms with E-state index in [-0.39, 0.29) is 29.4 Å².